The van der Waals surface area contributed by atoms with E-state index in [4.69, 9.17) is 5.11 Å². The van der Waals surface area contributed by atoms with E-state index in [1.807, 2.05) is 4.90 Å². The molecular formula is C14H19FN2O2. The standard InChI is InChI=1S/C14H19FN2O2/c1-16-8-2-9-17(13(7-10-18)14(16)19)12-5-3-11(15)4-6-12/h3-6,13,18H,2,7-10H2,1H3. The number of benzene rings is 1. The average molecular weight is 266 g/mol. The van der Waals surface area contributed by atoms with Crippen LogP contribution in [-0.4, -0.2) is 48.7 Å². The van der Waals surface area contributed by atoms with E-state index in [9.17, 15) is 9.18 Å². The van der Waals surface area contributed by atoms with Crippen LogP contribution in [0.5, 0.6) is 0 Å². The number of rotatable bonds is 3. The number of hydrogen-bond donors (Lipinski definition) is 1. The molecule has 0 aliphatic carbocycles. The highest BCUT2D eigenvalue weighted by Crippen LogP contribution is 2.22. The molecule has 1 atom stereocenters. The monoisotopic (exact) mass is 266 g/mol. The molecule has 0 bridgehead atoms. The molecule has 1 aromatic carbocycles. The Morgan fingerprint density at radius 1 is 1.32 bits per heavy atom. The molecule has 4 nitrogen and oxygen atoms in total. The summed E-state index contributed by atoms with van der Waals surface area (Å²) in [5.41, 5.74) is 0.823. The van der Waals surface area contributed by atoms with Crippen LogP contribution in [0, 0.1) is 5.82 Å². The number of carbonyl (C=O) groups is 1. The lowest BCUT2D eigenvalue weighted by molar-refractivity contribution is -0.131. The Morgan fingerprint density at radius 2 is 2.00 bits per heavy atom. The number of carbonyl (C=O) groups excluding carboxylic acids is 1. The third-order valence-corrected chi connectivity index (χ3v) is 3.49. The van der Waals surface area contributed by atoms with Crippen LogP contribution in [0.25, 0.3) is 0 Å². The van der Waals surface area contributed by atoms with Gasteiger partial charge in [-0.1, -0.05) is 0 Å². The zero-order valence-electron chi connectivity index (χ0n) is 11.1. The largest absolute Gasteiger partial charge is 0.396 e. The summed E-state index contributed by atoms with van der Waals surface area (Å²) in [4.78, 5) is 15.9. The van der Waals surface area contributed by atoms with Gasteiger partial charge in [0.25, 0.3) is 0 Å². The van der Waals surface area contributed by atoms with E-state index >= 15 is 0 Å². The van der Waals surface area contributed by atoms with E-state index < -0.39 is 0 Å². The minimum atomic E-state index is -0.372. The van der Waals surface area contributed by atoms with Gasteiger partial charge in [0.2, 0.25) is 5.91 Å². The Labute approximate surface area is 112 Å². The summed E-state index contributed by atoms with van der Waals surface area (Å²) in [5.74, 6) is -0.281. The second kappa shape index (κ2) is 6.02. The minimum Gasteiger partial charge on any atom is -0.396 e. The first-order valence-electron chi connectivity index (χ1n) is 6.51. The Bertz CT molecular complexity index is 436. The van der Waals surface area contributed by atoms with E-state index in [-0.39, 0.29) is 24.4 Å². The quantitative estimate of drug-likeness (QED) is 0.895. The van der Waals surface area contributed by atoms with Crippen molar-refractivity contribution in [1.29, 1.82) is 0 Å². The van der Waals surface area contributed by atoms with Gasteiger partial charge in [0.1, 0.15) is 11.9 Å². The molecule has 1 unspecified atom stereocenters. The van der Waals surface area contributed by atoms with Crippen molar-refractivity contribution >= 4 is 11.6 Å². The number of nitrogens with zero attached hydrogens (tertiary/aromatic N) is 2. The van der Waals surface area contributed by atoms with Crippen LogP contribution in [0.4, 0.5) is 10.1 Å². The third-order valence-electron chi connectivity index (χ3n) is 3.49. The minimum absolute atomic E-state index is 0.0101. The fraction of sp³-hybridized carbons (Fsp3) is 0.500. The van der Waals surface area contributed by atoms with Crippen LogP contribution in [0.1, 0.15) is 12.8 Å². The van der Waals surface area contributed by atoms with Gasteiger partial charge in [-0.05, 0) is 37.1 Å². The maximum atomic E-state index is 13.0. The van der Waals surface area contributed by atoms with E-state index in [2.05, 4.69) is 0 Å². The van der Waals surface area contributed by atoms with Gasteiger partial charge in [0, 0.05) is 32.4 Å². The van der Waals surface area contributed by atoms with Crippen molar-refractivity contribution in [2.75, 3.05) is 31.6 Å². The van der Waals surface area contributed by atoms with Crippen molar-refractivity contribution in [3.63, 3.8) is 0 Å². The molecule has 19 heavy (non-hydrogen) atoms. The summed E-state index contributed by atoms with van der Waals surface area (Å²) >= 11 is 0. The summed E-state index contributed by atoms with van der Waals surface area (Å²) < 4.78 is 13.0. The number of halogens is 1. The predicted octanol–water partition coefficient (Wildman–Crippen LogP) is 1.25. The van der Waals surface area contributed by atoms with Crippen molar-refractivity contribution in [3.05, 3.63) is 30.1 Å². The van der Waals surface area contributed by atoms with Crippen LogP contribution in [0.15, 0.2) is 24.3 Å². The second-order valence-corrected chi connectivity index (χ2v) is 4.81. The van der Waals surface area contributed by atoms with Crippen molar-refractivity contribution < 1.29 is 14.3 Å². The lowest BCUT2D eigenvalue weighted by Crippen LogP contribution is -2.45. The van der Waals surface area contributed by atoms with Crippen molar-refractivity contribution in [2.45, 2.75) is 18.9 Å². The second-order valence-electron chi connectivity index (χ2n) is 4.81. The maximum Gasteiger partial charge on any atom is 0.245 e. The number of anilines is 1. The smallest absolute Gasteiger partial charge is 0.245 e. The zero-order chi connectivity index (χ0) is 13.8. The van der Waals surface area contributed by atoms with Crippen molar-refractivity contribution in [3.8, 4) is 0 Å². The van der Waals surface area contributed by atoms with Crippen LogP contribution >= 0.6 is 0 Å². The number of hydrogen-bond acceptors (Lipinski definition) is 3. The molecule has 2 rings (SSSR count). The van der Waals surface area contributed by atoms with Gasteiger partial charge in [-0.25, -0.2) is 4.39 Å². The molecule has 0 aromatic heterocycles. The lowest BCUT2D eigenvalue weighted by Gasteiger charge is -2.31. The van der Waals surface area contributed by atoms with Crippen LogP contribution in [0.2, 0.25) is 0 Å². The first kappa shape index (κ1) is 13.8. The SMILES string of the molecule is CN1CCCN(c2ccc(F)cc2)C(CCO)C1=O. The van der Waals surface area contributed by atoms with Crippen molar-refractivity contribution in [2.24, 2.45) is 0 Å². The first-order valence-corrected chi connectivity index (χ1v) is 6.51. The molecule has 1 aliphatic rings. The van der Waals surface area contributed by atoms with Gasteiger partial charge >= 0.3 is 0 Å². The van der Waals surface area contributed by atoms with Gasteiger partial charge in [-0.2, -0.15) is 0 Å². The molecule has 0 radical (unpaired) electrons. The molecule has 5 heteroatoms. The summed E-state index contributed by atoms with van der Waals surface area (Å²) in [5, 5.41) is 9.17. The highest BCUT2D eigenvalue weighted by Gasteiger charge is 2.30. The first-order chi connectivity index (χ1) is 9.13. The Hall–Kier alpha value is -1.62. The fourth-order valence-corrected chi connectivity index (χ4v) is 2.48. The van der Waals surface area contributed by atoms with E-state index in [0.29, 0.717) is 13.0 Å². The molecule has 1 amide bonds. The average Bonchev–Trinajstić information content (AvgIpc) is 2.54. The number of aliphatic hydroxyl groups excluding tert-OH is 1. The number of amides is 1. The van der Waals surface area contributed by atoms with E-state index in [1.165, 1.54) is 12.1 Å². The summed E-state index contributed by atoms with van der Waals surface area (Å²) in [6, 6.07) is 5.77. The summed E-state index contributed by atoms with van der Waals surface area (Å²) in [7, 11) is 1.78. The van der Waals surface area contributed by atoms with E-state index in [1.54, 1.807) is 24.1 Å². The molecule has 104 valence electrons. The molecule has 0 saturated carbocycles. The molecule has 0 spiro atoms. The van der Waals surface area contributed by atoms with Gasteiger partial charge in [0.15, 0.2) is 0 Å². The highest BCUT2D eigenvalue weighted by molar-refractivity contribution is 5.85. The van der Waals surface area contributed by atoms with Gasteiger partial charge < -0.3 is 14.9 Å². The normalized spacial score (nSPS) is 20.6. The lowest BCUT2D eigenvalue weighted by atomic mass is 10.1. The fourth-order valence-electron chi connectivity index (χ4n) is 2.48. The predicted molar refractivity (Wildman–Crippen MR) is 71.5 cm³/mol. The Balaban J connectivity index is 2.28. The van der Waals surface area contributed by atoms with E-state index in [0.717, 1.165) is 18.7 Å². The summed E-state index contributed by atoms with van der Waals surface area (Å²) in [6.07, 6.45) is 1.25. The topological polar surface area (TPSA) is 43.8 Å². The van der Waals surface area contributed by atoms with Crippen LogP contribution in [0.3, 0.4) is 0 Å². The maximum absolute atomic E-state index is 13.0. The zero-order valence-corrected chi connectivity index (χ0v) is 11.1. The molecular weight excluding hydrogens is 247 g/mol. The molecule has 1 aliphatic heterocycles. The molecule has 1 fully saturated rings. The highest BCUT2D eigenvalue weighted by atomic mass is 19.1. The number of likely N-dealkylation sites (N-methyl/N-ethyl adjacent to an activating group) is 1. The molecule has 1 aromatic rings. The Morgan fingerprint density at radius 3 is 2.63 bits per heavy atom. The third kappa shape index (κ3) is 3.04. The Kier molecular flexibility index (Phi) is 4.37. The van der Waals surface area contributed by atoms with Crippen molar-refractivity contribution in [1.82, 2.24) is 4.90 Å². The summed E-state index contributed by atoms with van der Waals surface area (Å²) in [6.45, 7) is 1.40. The number of aliphatic hydroxyl groups is 1. The molecule has 1 saturated heterocycles. The van der Waals surface area contributed by atoms with Crippen LogP contribution in [-0.2, 0) is 4.79 Å². The molecule has 1 N–H and O–H groups in total. The van der Waals surface area contributed by atoms with Gasteiger partial charge in [-0.15, -0.1) is 0 Å². The van der Waals surface area contributed by atoms with Gasteiger partial charge in [0.05, 0.1) is 0 Å². The van der Waals surface area contributed by atoms with Crippen LogP contribution < -0.4 is 4.90 Å². The van der Waals surface area contributed by atoms with Gasteiger partial charge in [-0.3, -0.25) is 4.79 Å². The molecule has 1 heterocycles.